The average molecular weight is 472 g/mol. The first kappa shape index (κ1) is 23.0. The van der Waals surface area contributed by atoms with Crippen LogP contribution in [0.25, 0.3) is 0 Å². The minimum Gasteiger partial charge on any atom is -0.497 e. The Labute approximate surface area is 197 Å². The number of ether oxygens (including phenoxy) is 1. The zero-order chi connectivity index (χ0) is 23.4. The lowest BCUT2D eigenvalue weighted by Crippen LogP contribution is -2.75. The molecule has 0 radical (unpaired) electrons. The van der Waals surface area contributed by atoms with E-state index in [1.165, 1.54) is 9.80 Å². The summed E-state index contributed by atoms with van der Waals surface area (Å²) in [6.45, 7) is 1.39. The Balaban J connectivity index is 1.47. The van der Waals surface area contributed by atoms with Gasteiger partial charge in [-0.05, 0) is 35.4 Å². The highest BCUT2D eigenvalue weighted by molar-refractivity contribution is 6.30. The van der Waals surface area contributed by atoms with Gasteiger partial charge in [-0.25, -0.2) is 4.79 Å². The lowest BCUT2D eigenvalue weighted by molar-refractivity contribution is -0.139. The molecule has 2 heterocycles. The van der Waals surface area contributed by atoms with E-state index in [0.717, 1.165) is 11.1 Å². The minimum atomic E-state index is -0.630. The number of piperazine rings is 1. The van der Waals surface area contributed by atoms with Gasteiger partial charge in [0.1, 0.15) is 24.5 Å². The fourth-order valence-corrected chi connectivity index (χ4v) is 4.13. The molecule has 10 heteroatoms. The van der Waals surface area contributed by atoms with Crippen molar-refractivity contribution >= 4 is 29.4 Å². The summed E-state index contributed by atoms with van der Waals surface area (Å²) in [5.74, 6) is 0.0582. The van der Waals surface area contributed by atoms with Crippen LogP contribution in [0.3, 0.4) is 0 Å². The molecule has 0 bridgehead atoms. The van der Waals surface area contributed by atoms with E-state index in [4.69, 9.17) is 16.3 Å². The summed E-state index contributed by atoms with van der Waals surface area (Å²) in [5.41, 5.74) is 1.65. The number of hydrogen-bond acceptors (Lipinski definition) is 6. The van der Waals surface area contributed by atoms with Crippen LogP contribution < -0.4 is 20.7 Å². The number of amides is 4. The second kappa shape index (κ2) is 10.2. The van der Waals surface area contributed by atoms with Crippen molar-refractivity contribution < 1.29 is 19.1 Å². The second-order valence-electron chi connectivity index (χ2n) is 7.92. The molecular formula is C23H26ClN5O4. The van der Waals surface area contributed by atoms with Gasteiger partial charge in [-0.15, -0.1) is 0 Å². The van der Waals surface area contributed by atoms with Crippen molar-refractivity contribution in [1.82, 2.24) is 25.8 Å². The number of urea groups is 1. The van der Waals surface area contributed by atoms with Gasteiger partial charge in [-0.2, -0.15) is 0 Å². The summed E-state index contributed by atoms with van der Waals surface area (Å²) in [7, 11) is 1.58. The normalized spacial score (nSPS) is 20.4. The zero-order valence-electron chi connectivity index (χ0n) is 18.2. The van der Waals surface area contributed by atoms with Crippen molar-refractivity contribution in [2.24, 2.45) is 0 Å². The van der Waals surface area contributed by atoms with Gasteiger partial charge >= 0.3 is 6.03 Å². The summed E-state index contributed by atoms with van der Waals surface area (Å²) in [6.07, 6.45) is -0.595. The molecule has 2 fully saturated rings. The molecule has 2 aromatic carbocycles. The van der Waals surface area contributed by atoms with Gasteiger partial charge in [-0.3, -0.25) is 24.7 Å². The van der Waals surface area contributed by atoms with E-state index in [1.807, 2.05) is 24.3 Å². The monoisotopic (exact) mass is 471 g/mol. The Hall–Kier alpha value is -3.14. The number of imide groups is 1. The molecule has 2 aliphatic rings. The quantitative estimate of drug-likeness (QED) is 0.563. The summed E-state index contributed by atoms with van der Waals surface area (Å²) in [6, 6.07) is 13.2. The molecule has 3 N–H and O–H groups in total. The molecule has 4 amide bonds. The van der Waals surface area contributed by atoms with Crippen molar-refractivity contribution in [3.8, 4) is 5.75 Å². The van der Waals surface area contributed by atoms with Crippen LogP contribution in [-0.4, -0.2) is 66.6 Å². The van der Waals surface area contributed by atoms with Gasteiger partial charge in [0, 0.05) is 24.7 Å². The summed E-state index contributed by atoms with van der Waals surface area (Å²) in [5, 5.41) is 9.79. The van der Waals surface area contributed by atoms with Gasteiger partial charge in [0.15, 0.2) is 0 Å². The third-order valence-corrected chi connectivity index (χ3v) is 5.95. The van der Waals surface area contributed by atoms with Gasteiger partial charge in [0.25, 0.3) is 5.91 Å². The summed E-state index contributed by atoms with van der Waals surface area (Å²) >= 11 is 5.95. The Morgan fingerprint density at radius 3 is 2.64 bits per heavy atom. The number of nitrogens with zero attached hydrogens (tertiary/aromatic N) is 2. The number of carbonyl (C=O) groups excluding carboxylic acids is 3. The highest BCUT2D eigenvalue weighted by Gasteiger charge is 2.47. The van der Waals surface area contributed by atoms with E-state index >= 15 is 0 Å². The van der Waals surface area contributed by atoms with E-state index in [0.29, 0.717) is 30.4 Å². The minimum absolute atomic E-state index is 0.0989. The molecule has 33 heavy (non-hydrogen) atoms. The highest BCUT2D eigenvalue weighted by Crippen LogP contribution is 2.21. The van der Waals surface area contributed by atoms with Crippen LogP contribution in [0.2, 0.25) is 5.02 Å². The first-order chi connectivity index (χ1) is 16.0. The largest absolute Gasteiger partial charge is 0.497 e. The second-order valence-corrected chi connectivity index (χ2v) is 8.36. The van der Waals surface area contributed by atoms with Crippen LogP contribution in [0.5, 0.6) is 5.75 Å². The smallest absolute Gasteiger partial charge is 0.328 e. The summed E-state index contributed by atoms with van der Waals surface area (Å²) < 4.78 is 5.21. The molecule has 2 aromatic rings. The fraction of sp³-hybridized carbons (Fsp3) is 0.348. The maximum atomic E-state index is 13.3. The maximum absolute atomic E-state index is 13.3. The number of carbonyl (C=O) groups is 3. The third kappa shape index (κ3) is 5.27. The molecule has 2 aliphatic heterocycles. The molecule has 2 saturated heterocycles. The first-order valence-corrected chi connectivity index (χ1v) is 11.1. The number of halogens is 1. The highest BCUT2D eigenvalue weighted by atomic mass is 35.5. The van der Waals surface area contributed by atoms with Gasteiger partial charge in [0.2, 0.25) is 5.91 Å². The maximum Gasteiger partial charge on any atom is 0.328 e. The molecule has 0 aliphatic carbocycles. The van der Waals surface area contributed by atoms with E-state index in [2.05, 4.69) is 16.0 Å². The van der Waals surface area contributed by atoms with Crippen LogP contribution in [0.15, 0.2) is 48.5 Å². The zero-order valence-corrected chi connectivity index (χ0v) is 19.0. The van der Waals surface area contributed by atoms with Crippen LogP contribution in [0, 0.1) is 0 Å². The van der Waals surface area contributed by atoms with Gasteiger partial charge < -0.3 is 15.4 Å². The standard InChI is InChI=1S/C23H26ClN5O4/c1-33-18-4-2-3-16(11-18)12-27-19(30)14-28-21-20(25-9-10-26-21)22(31)29(23(28)32)13-15-5-7-17(24)8-6-15/h2-8,11,20-21,25-26H,9-10,12-14H2,1H3,(H,27,30). The first-order valence-electron chi connectivity index (χ1n) is 10.7. The van der Waals surface area contributed by atoms with Crippen LogP contribution in [-0.2, 0) is 22.7 Å². The molecule has 9 nitrogen and oxygen atoms in total. The van der Waals surface area contributed by atoms with Crippen LogP contribution in [0.1, 0.15) is 11.1 Å². The molecule has 4 rings (SSSR count). The topological polar surface area (TPSA) is 103 Å². The van der Waals surface area contributed by atoms with Crippen molar-refractivity contribution in [1.29, 1.82) is 0 Å². The molecule has 2 atom stereocenters. The Bertz CT molecular complexity index is 1030. The predicted octanol–water partition coefficient (Wildman–Crippen LogP) is 1.32. The molecule has 0 spiro atoms. The van der Waals surface area contributed by atoms with E-state index in [-0.39, 0.29) is 24.9 Å². The van der Waals surface area contributed by atoms with E-state index in [1.54, 1.807) is 31.4 Å². The van der Waals surface area contributed by atoms with E-state index in [9.17, 15) is 14.4 Å². The number of fused-ring (bicyclic) bond motifs is 1. The third-order valence-electron chi connectivity index (χ3n) is 5.69. The van der Waals surface area contributed by atoms with Crippen molar-refractivity contribution in [2.45, 2.75) is 25.3 Å². The number of methoxy groups -OCH3 is 1. The molecule has 174 valence electrons. The van der Waals surface area contributed by atoms with Crippen molar-refractivity contribution in [2.75, 3.05) is 26.7 Å². The van der Waals surface area contributed by atoms with Crippen molar-refractivity contribution in [3.05, 3.63) is 64.7 Å². The number of nitrogens with one attached hydrogen (secondary N) is 3. The predicted molar refractivity (Wildman–Crippen MR) is 123 cm³/mol. The van der Waals surface area contributed by atoms with E-state index < -0.39 is 18.2 Å². The van der Waals surface area contributed by atoms with Crippen LogP contribution >= 0.6 is 11.6 Å². The van der Waals surface area contributed by atoms with Gasteiger partial charge in [-0.1, -0.05) is 35.9 Å². The fourth-order valence-electron chi connectivity index (χ4n) is 4.00. The lowest BCUT2D eigenvalue weighted by Gasteiger charge is -2.47. The average Bonchev–Trinajstić information content (AvgIpc) is 2.84. The Morgan fingerprint density at radius 2 is 1.88 bits per heavy atom. The van der Waals surface area contributed by atoms with Crippen LogP contribution in [0.4, 0.5) is 4.79 Å². The number of rotatable bonds is 7. The Morgan fingerprint density at radius 1 is 1.12 bits per heavy atom. The Kier molecular flexibility index (Phi) is 7.12. The SMILES string of the molecule is COc1cccc(CNC(=O)CN2C(=O)N(Cc3ccc(Cl)cc3)C(=O)C3NCCNC32)c1. The number of hydrogen-bond donors (Lipinski definition) is 3. The molecule has 2 unspecified atom stereocenters. The molecular weight excluding hydrogens is 446 g/mol. The molecule has 0 saturated carbocycles. The molecule has 0 aromatic heterocycles. The number of benzene rings is 2. The van der Waals surface area contributed by atoms with Gasteiger partial charge in [0.05, 0.1) is 13.7 Å². The summed E-state index contributed by atoms with van der Waals surface area (Å²) in [4.78, 5) is 41.7. The lowest BCUT2D eigenvalue weighted by atomic mass is 10.1. The van der Waals surface area contributed by atoms with Crippen molar-refractivity contribution in [3.63, 3.8) is 0 Å².